The Hall–Kier alpha value is -2.04. The first-order chi connectivity index (χ1) is 8.90. The summed E-state index contributed by atoms with van der Waals surface area (Å²) < 4.78 is 0. The number of carboxylic acid groups (broad SMARTS) is 1. The van der Waals surface area contributed by atoms with Gasteiger partial charge in [0.2, 0.25) is 5.91 Å². The number of nitrogens with one attached hydrogen (secondary N) is 1. The van der Waals surface area contributed by atoms with E-state index < -0.39 is 12.0 Å². The Bertz CT molecular complexity index is 441. The summed E-state index contributed by atoms with van der Waals surface area (Å²) in [4.78, 5) is 24.1. The van der Waals surface area contributed by atoms with Crippen molar-refractivity contribution in [1.29, 1.82) is 0 Å². The lowest BCUT2D eigenvalue weighted by atomic mass is 10.1. The number of amides is 1. The van der Waals surface area contributed by atoms with Crippen LogP contribution in [-0.4, -0.2) is 37.1 Å². The van der Waals surface area contributed by atoms with Crippen molar-refractivity contribution in [1.82, 2.24) is 5.32 Å². The third kappa shape index (κ3) is 4.99. The lowest BCUT2D eigenvalue weighted by Gasteiger charge is -2.13. The molecule has 0 unspecified atom stereocenters. The Morgan fingerprint density at radius 1 is 1.26 bits per heavy atom. The number of carboxylic acids is 1. The highest BCUT2D eigenvalue weighted by Crippen LogP contribution is 2.13. The predicted molar refractivity (Wildman–Crippen MR) is 74.3 cm³/mol. The Balaban J connectivity index is 2.44. The molecule has 104 valence electrons. The predicted octanol–water partition coefficient (Wildman–Crippen LogP) is 1.27. The van der Waals surface area contributed by atoms with Crippen molar-refractivity contribution in [3.05, 3.63) is 29.8 Å². The van der Waals surface area contributed by atoms with Gasteiger partial charge in [-0.15, -0.1) is 0 Å². The quantitative estimate of drug-likeness (QED) is 0.812. The summed E-state index contributed by atoms with van der Waals surface area (Å²) in [6, 6.07) is 7.09. The molecule has 0 aromatic heterocycles. The molecule has 1 atom stereocenters. The van der Waals surface area contributed by atoms with Crippen LogP contribution in [0.3, 0.4) is 0 Å². The van der Waals surface area contributed by atoms with Gasteiger partial charge in [-0.25, -0.2) is 0 Å². The average Bonchev–Trinajstić information content (AvgIpc) is 2.36. The first-order valence-electron chi connectivity index (χ1n) is 6.18. The number of rotatable bonds is 6. The van der Waals surface area contributed by atoms with Crippen LogP contribution in [0.2, 0.25) is 0 Å². The highest BCUT2D eigenvalue weighted by Gasteiger charge is 2.13. The molecule has 0 aliphatic heterocycles. The highest BCUT2D eigenvalue weighted by molar-refractivity contribution is 5.83. The summed E-state index contributed by atoms with van der Waals surface area (Å²) in [7, 11) is 3.94. The molecule has 1 rings (SSSR count). The minimum atomic E-state index is -1.02. The van der Waals surface area contributed by atoms with Gasteiger partial charge >= 0.3 is 5.97 Å². The van der Waals surface area contributed by atoms with Crippen molar-refractivity contribution in [2.24, 2.45) is 0 Å². The van der Waals surface area contributed by atoms with E-state index in [1.807, 2.05) is 43.3 Å². The van der Waals surface area contributed by atoms with Crippen LogP contribution in [-0.2, 0) is 16.0 Å². The molecule has 0 saturated carbocycles. The monoisotopic (exact) mass is 264 g/mol. The number of aryl methyl sites for hydroxylation is 1. The van der Waals surface area contributed by atoms with E-state index in [0.29, 0.717) is 12.8 Å². The molecule has 1 aromatic rings. The number of hydrogen-bond donors (Lipinski definition) is 2. The second-order valence-electron chi connectivity index (χ2n) is 4.69. The minimum Gasteiger partial charge on any atom is -0.480 e. The molecule has 5 heteroatoms. The molecule has 0 aliphatic carbocycles. The van der Waals surface area contributed by atoms with E-state index in [2.05, 4.69) is 5.32 Å². The SMILES string of the molecule is C[C@H](NC(=O)CCc1ccc(N(C)C)cc1)C(=O)O. The molecule has 0 bridgehead atoms. The number of aliphatic carboxylic acids is 1. The van der Waals surface area contributed by atoms with E-state index in [-0.39, 0.29) is 5.91 Å². The Morgan fingerprint density at radius 3 is 2.32 bits per heavy atom. The Kier molecular flexibility index (Phi) is 5.36. The van der Waals surface area contributed by atoms with E-state index in [0.717, 1.165) is 11.3 Å². The summed E-state index contributed by atoms with van der Waals surface area (Å²) in [6.45, 7) is 1.45. The zero-order chi connectivity index (χ0) is 14.4. The van der Waals surface area contributed by atoms with Crippen LogP contribution in [0.4, 0.5) is 5.69 Å². The van der Waals surface area contributed by atoms with Gasteiger partial charge in [0.15, 0.2) is 0 Å². The Morgan fingerprint density at radius 2 is 1.84 bits per heavy atom. The van der Waals surface area contributed by atoms with Gasteiger partial charge in [0.1, 0.15) is 6.04 Å². The van der Waals surface area contributed by atoms with Crippen molar-refractivity contribution in [3.8, 4) is 0 Å². The molecule has 0 radical (unpaired) electrons. The largest absolute Gasteiger partial charge is 0.480 e. The number of anilines is 1. The lowest BCUT2D eigenvalue weighted by molar-refractivity contribution is -0.141. The first-order valence-corrected chi connectivity index (χ1v) is 6.18. The van der Waals surface area contributed by atoms with E-state index >= 15 is 0 Å². The van der Waals surface area contributed by atoms with Gasteiger partial charge in [-0.2, -0.15) is 0 Å². The molecule has 1 amide bonds. The van der Waals surface area contributed by atoms with Gasteiger partial charge in [0, 0.05) is 26.2 Å². The van der Waals surface area contributed by atoms with Gasteiger partial charge in [-0.1, -0.05) is 12.1 Å². The highest BCUT2D eigenvalue weighted by atomic mass is 16.4. The fourth-order valence-electron chi connectivity index (χ4n) is 1.59. The van der Waals surface area contributed by atoms with E-state index in [4.69, 9.17) is 5.11 Å². The molecule has 0 fully saturated rings. The second-order valence-corrected chi connectivity index (χ2v) is 4.69. The molecule has 0 spiro atoms. The number of benzene rings is 1. The maximum Gasteiger partial charge on any atom is 0.325 e. The van der Waals surface area contributed by atoms with Gasteiger partial charge < -0.3 is 15.3 Å². The third-order valence-electron chi connectivity index (χ3n) is 2.84. The van der Waals surface area contributed by atoms with Gasteiger partial charge in [0.05, 0.1) is 0 Å². The maximum absolute atomic E-state index is 11.5. The van der Waals surface area contributed by atoms with Gasteiger partial charge in [-0.05, 0) is 31.0 Å². The maximum atomic E-state index is 11.5. The van der Waals surface area contributed by atoms with E-state index in [9.17, 15) is 9.59 Å². The van der Waals surface area contributed by atoms with Gasteiger partial charge in [0.25, 0.3) is 0 Å². The van der Waals surface area contributed by atoms with Crippen molar-refractivity contribution in [3.63, 3.8) is 0 Å². The van der Waals surface area contributed by atoms with E-state index in [1.54, 1.807) is 0 Å². The van der Waals surface area contributed by atoms with Crippen LogP contribution in [0.1, 0.15) is 18.9 Å². The molecule has 5 nitrogen and oxygen atoms in total. The summed E-state index contributed by atoms with van der Waals surface area (Å²) in [5, 5.41) is 11.1. The summed E-state index contributed by atoms with van der Waals surface area (Å²) in [5.74, 6) is -1.27. The summed E-state index contributed by atoms with van der Waals surface area (Å²) in [6.07, 6.45) is 0.894. The van der Waals surface area contributed by atoms with Crippen LogP contribution < -0.4 is 10.2 Å². The average molecular weight is 264 g/mol. The van der Waals surface area contributed by atoms with Crippen molar-refractivity contribution in [2.45, 2.75) is 25.8 Å². The van der Waals surface area contributed by atoms with Crippen LogP contribution in [0.25, 0.3) is 0 Å². The lowest BCUT2D eigenvalue weighted by Crippen LogP contribution is -2.38. The minimum absolute atomic E-state index is 0.244. The molecule has 0 aliphatic rings. The molecule has 0 heterocycles. The zero-order valence-electron chi connectivity index (χ0n) is 11.5. The molecular weight excluding hydrogens is 244 g/mol. The van der Waals surface area contributed by atoms with Crippen molar-refractivity contribution >= 4 is 17.6 Å². The second kappa shape index (κ2) is 6.78. The first kappa shape index (κ1) is 15.0. The number of hydrogen-bond acceptors (Lipinski definition) is 3. The number of carbonyl (C=O) groups excluding carboxylic acids is 1. The van der Waals surface area contributed by atoms with Crippen LogP contribution in [0.5, 0.6) is 0 Å². The topological polar surface area (TPSA) is 69.6 Å². The molecule has 1 aromatic carbocycles. The smallest absolute Gasteiger partial charge is 0.325 e. The summed E-state index contributed by atoms with van der Waals surface area (Å²) in [5.41, 5.74) is 2.16. The fraction of sp³-hybridized carbons (Fsp3) is 0.429. The molecule has 2 N–H and O–H groups in total. The standard InChI is InChI=1S/C14H20N2O3/c1-10(14(18)19)15-13(17)9-6-11-4-7-12(8-5-11)16(2)3/h4-5,7-8,10H,6,9H2,1-3H3,(H,15,17)(H,18,19)/t10-/m0/s1. The zero-order valence-corrected chi connectivity index (χ0v) is 11.5. The van der Waals surface area contributed by atoms with Crippen molar-refractivity contribution < 1.29 is 14.7 Å². The van der Waals surface area contributed by atoms with Crippen LogP contribution in [0, 0.1) is 0 Å². The van der Waals surface area contributed by atoms with Crippen molar-refractivity contribution in [2.75, 3.05) is 19.0 Å². The number of nitrogens with zero attached hydrogens (tertiary/aromatic N) is 1. The molecule has 0 saturated heterocycles. The molecular formula is C14H20N2O3. The normalized spacial score (nSPS) is 11.7. The third-order valence-corrected chi connectivity index (χ3v) is 2.84. The van der Waals surface area contributed by atoms with E-state index in [1.165, 1.54) is 6.92 Å². The van der Waals surface area contributed by atoms with Crippen LogP contribution in [0.15, 0.2) is 24.3 Å². The number of carbonyl (C=O) groups is 2. The Labute approximate surface area is 113 Å². The van der Waals surface area contributed by atoms with Crippen LogP contribution >= 0.6 is 0 Å². The summed E-state index contributed by atoms with van der Waals surface area (Å²) >= 11 is 0. The fourth-order valence-corrected chi connectivity index (χ4v) is 1.59. The molecule has 19 heavy (non-hydrogen) atoms. The van der Waals surface area contributed by atoms with Gasteiger partial charge in [-0.3, -0.25) is 9.59 Å².